The Morgan fingerprint density at radius 1 is 1.14 bits per heavy atom. The molecule has 29 heavy (non-hydrogen) atoms. The zero-order valence-electron chi connectivity index (χ0n) is 15.8. The molecule has 0 amide bonds. The van der Waals surface area contributed by atoms with Crippen molar-refractivity contribution in [1.82, 2.24) is 19.6 Å². The molecule has 154 valence electrons. The lowest BCUT2D eigenvalue weighted by atomic mass is 9.99. The molecule has 0 aliphatic heterocycles. The maximum Gasteiger partial charge on any atom is 0.277 e. The van der Waals surface area contributed by atoms with Crippen LogP contribution in [0.25, 0.3) is 5.69 Å². The van der Waals surface area contributed by atoms with Gasteiger partial charge in [0, 0.05) is 49.3 Å². The van der Waals surface area contributed by atoms with Crippen molar-refractivity contribution in [2.75, 3.05) is 12.5 Å². The molecule has 0 atom stereocenters. The first-order valence-corrected chi connectivity index (χ1v) is 12.2. The number of aromatic nitrogens is 4. The van der Waals surface area contributed by atoms with Gasteiger partial charge in [0.15, 0.2) is 19.7 Å². The van der Waals surface area contributed by atoms with Gasteiger partial charge in [-0.25, -0.2) is 21.5 Å². The Hall–Kier alpha value is -2.99. The summed E-state index contributed by atoms with van der Waals surface area (Å²) >= 11 is 0. The molecular formula is C17H18N4O6S2. The summed E-state index contributed by atoms with van der Waals surface area (Å²) in [7, 11) is -6.03. The summed E-state index contributed by atoms with van der Waals surface area (Å²) in [5, 5.41) is 6.61. The quantitative estimate of drug-likeness (QED) is 0.537. The molecule has 0 unspecified atom stereocenters. The maximum absolute atomic E-state index is 13.1. The van der Waals surface area contributed by atoms with Crippen LogP contribution in [0.1, 0.15) is 21.5 Å². The highest BCUT2D eigenvalue weighted by atomic mass is 32.2. The first kappa shape index (κ1) is 20.7. The molecule has 0 saturated carbocycles. The SMILES string of the molecule is Cn1[nH]cc(C(=O)c2ccc(S(C)(=O)=O)c(-n3cccn3)c2CS(C)(=O)=O)c1=O. The smallest absolute Gasteiger partial charge is 0.277 e. The number of carbonyl (C=O) groups is 1. The lowest BCUT2D eigenvalue weighted by Crippen LogP contribution is -2.22. The van der Waals surface area contributed by atoms with Gasteiger partial charge in [-0.2, -0.15) is 5.10 Å². The summed E-state index contributed by atoms with van der Waals surface area (Å²) in [5.74, 6) is -1.34. The van der Waals surface area contributed by atoms with Crippen LogP contribution in [-0.4, -0.2) is 54.7 Å². The van der Waals surface area contributed by atoms with Gasteiger partial charge in [0.05, 0.1) is 16.3 Å². The van der Waals surface area contributed by atoms with E-state index in [1.165, 1.54) is 48.5 Å². The van der Waals surface area contributed by atoms with Gasteiger partial charge in [0.1, 0.15) is 5.56 Å². The van der Waals surface area contributed by atoms with Crippen molar-refractivity contribution in [3.05, 3.63) is 63.8 Å². The minimum Gasteiger partial charge on any atom is -0.302 e. The van der Waals surface area contributed by atoms with E-state index >= 15 is 0 Å². The molecule has 12 heteroatoms. The molecule has 1 aromatic carbocycles. The van der Waals surface area contributed by atoms with Crippen molar-refractivity contribution in [3.63, 3.8) is 0 Å². The van der Waals surface area contributed by atoms with Gasteiger partial charge >= 0.3 is 0 Å². The monoisotopic (exact) mass is 438 g/mol. The topological polar surface area (TPSA) is 141 Å². The number of nitrogens with zero attached hydrogens (tertiary/aromatic N) is 3. The lowest BCUT2D eigenvalue weighted by Gasteiger charge is -2.17. The molecule has 0 saturated heterocycles. The van der Waals surface area contributed by atoms with Crippen LogP contribution >= 0.6 is 0 Å². The van der Waals surface area contributed by atoms with E-state index in [9.17, 15) is 26.4 Å². The van der Waals surface area contributed by atoms with Crippen LogP contribution in [0.4, 0.5) is 0 Å². The Bertz CT molecular complexity index is 1360. The number of benzene rings is 1. The summed E-state index contributed by atoms with van der Waals surface area (Å²) in [4.78, 5) is 25.1. The fraction of sp³-hybridized carbons (Fsp3) is 0.235. The van der Waals surface area contributed by atoms with E-state index in [1.54, 1.807) is 0 Å². The third kappa shape index (κ3) is 4.07. The number of aryl methyl sites for hydroxylation is 1. The van der Waals surface area contributed by atoms with E-state index in [0.29, 0.717) is 0 Å². The van der Waals surface area contributed by atoms with Crippen LogP contribution in [0.3, 0.4) is 0 Å². The molecule has 1 N–H and O–H groups in total. The predicted octanol–water partition coefficient (Wildman–Crippen LogP) is 0.0782. The van der Waals surface area contributed by atoms with Crippen LogP contribution in [0.2, 0.25) is 0 Å². The summed E-state index contributed by atoms with van der Waals surface area (Å²) < 4.78 is 51.2. The van der Waals surface area contributed by atoms with E-state index in [-0.39, 0.29) is 27.3 Å². The zero-order chi connectivity index (χ0) is 21.6. The van der Waals surface area contributed by atoms with Crippen molar-refractivity contribution in [1.29, 1.82) is 0 Å². The summed E-state index contributed by atoms with van der Waals surface area (Å²) in [6.07, 6.45) is 6.00. The highest BCUT2D eigenvalue weighted by Crippen LogP contribution is 2.29. The van der Waals surface area contributed by atoms with Crippen LogP contribution < -0.4 is 5.56 Å². The highest BCUT2D eigenvalue weighted by molar-refractivity contribution is 7.91. The molecule has 0 aliphatic rings. The van der Waals surface area contributed by atoms with Gasteiger partial charge in [-0.15, -0.1) is 0 Å². The van der Waals surface area contributed by atoms with Gasteiger partial charge < -0.3 is 5.10 Å². The lowest BCUT2D eigenvalue weighted by molar-refractivity contribution is 0.103. The van der Waals surface area contributed by atoms with Gasteiger partial charge in [-0.05, 0) is 18.2 Å². The minimum atomic E-state index is -3.79. The number of nitrogens with one attached hydrogen (secondary N) is 1. The van der Waals surface area contributed by atoms with E-state index in [0.717, 1.165) is 17.2 Å². The van der Waals surface area contributed by atoms with Crippen molar-refractivity contribution >= 4 is 25.5 Å². The molecule has 0 radical (unpaired) electrons. The first-order chi connectivity index (χ1) is 13.4. The third-order valence-corrected chi connectivity index (χ3v) is 6.15. The first-order valence-electron chi connectivity index (χ1n) is 8.23. The molecule has 3 rings (SSSR count). The maximum atomic E-state index is 13.1. The second-order valence-electron chi connectivity index (χ2n) is 6.61. The van der Waals surface area contributed by atoms with E-state index in [4.69, 9.17) is 0 Å². The highest BCUT2D eigenvalue weighted by Gasteiger charge is 2.28. The normalized spacial score (nSPS) is 12.2. The number of aromatic amines is 1. The Balaban J connectivity index is 2.41. The number of H-pyrrole nitrogens is 1. The number of sulfone groups is 2. The average molecular weight is 438 g/mol. The molecule has 2 heterocycles. The summed E-state index contributed by atoms with van der Waals surface area (Å²) in [6.45, 7) is 0. The Morgan fingerprint density at radius 2 is 1.83 bits per heavy atom. The van der Waals surface area contributed by atoms with Crippen molar-refractivity contribution in [2.24, 2.45) is 7.05 Å². The minimum absolute atomic E-state index is 0.0406. The summed E-state index contributed by atoms with van der Waals surface area (Å²) in [6, 6.07) is 3.97. The average Bonchev–Trinajstić information content (AvgIpc) is 3.23. The number of rotatable bonds is 6. The Kier molecular flexibility index (Phi) is 5.09. The number of carbonyl (C=O) groups excluding carboxylic acids is 1. The molecule has 0 fully saturated rings. The summed E-state index contributed by atoms with van der Waals surface area (Å²) in [5.41, 5.74) is -0.965. The number of hydrogen-bond donors (Lipinski definition) is 1. The molecule has 0 spiro atoms. The third-order valence-electron chi connectivity index (χ3n) is 4.21. The second-order valence-corrected chi connectivity index (χ2v) is 10.7. The molecule has 2 aromatic heterocycles. The van der Waals surface area contributed by atoms with E-state index in [1.807, 2.05) is 0 Å². The van der Waals surface area contributed by atoms with Gasteiger partial charge in [0.25, 0.3) is 5.56 Å². The van der Waals surface area contributed by atoms with E-state index in [2.05, 4.69) is 10.2 Å². The number of hydrogen-bond acceptors (Lipinski definition) is 7. The number of ketones is 1. The second kappa shape index (κ2) is 7.12. The fourth-order valence-corrected chi connectivity index (χ4v) is 4.66. The molecule has 0 bridgehead atoms. The van der Waals surface area contributed by atoms with Gasteiger partial charge in [0.2, 0.25) is 5.78 Å². The standard InChI is InChI=1S/C17H18N4O6S2/c1-20-17(23)12(9-19-20)16(22)11-5-6-14(29(3,26)27)15(21-8-4-7-18-21)13(11)10-28(2,24)25/h4-9,19H,10H2,1-3H3. The van der Waals surface area contributed by atoms with Crippen molar-refractivity contribution in [3.8, 4) is 5.69 Å². The van der Waals surface area contributed by atoms with Gasteiger partial charge in [-0.3, -0.25) is 14.3 Å². The molecule has 10 nitrogen and oxygen atoms in total. The van der Waals surface area contributed by atoms with Crippen LogP contribution in [0.5, 0.6) is 0 Å². The van der Waals surface area contributed by atoms with Gasteiger partial charge in [-0.1, -0.05) is 0 Å². The predicted molar refractivity (Wildman–Crippen MR) is 105 cm³/mol. The van der Waals surface area contributed by atoms with Crippen LogP contribution in [0, 0.1) is 0 Å². The molecule has 0 aliphatic carbocycles. The molecular weight excluding hydrogens is 420 g/mol. The van der Waals surface area contributed by atoms with Crippen molar-refractivity contribution < 1.29 is 21.6 Å². The van der Waals surface area contributed by atoms with Crippen LogP contribution in [-0.2, 0) is 32.5 Å². The zero-order valence-corrected chi connectivity index (χ0v) is 17.4. The van der Waals surface area contributed by atoms with E-state index < -0.39 is 36.8 Å². The molecule has 3 aromatic rings. The largest absolute Gasteiger partial charge is 0.302 e. The van der Waals surface area contributed by atoms with Crippen LogP contribution in [0.15, 0.2) is 46.5 Å². The fourth-order valence-electron chi connectivity index (χ4n) is 2.96. The van der Waals surface area contributed by atoms with Crippen molar-refractivity contribution in [2.45, 2.75) is 10.6 Å². The Labute approximate surface area is 166 Å². The Morgan fingerprint density at radius 3 is 2.31 bits per heavy atom.